The Labute approximate surface area is 195 Å². The van der Waals surface area contributed by atoms with Gasteiger partial charge in [0, 0.05) is 18.0 Å². The third-order valence-corrected chi connectivity index (χ3v) is 10.6. The molecule has 176 valence electrons. The van der Waals surface area contributed by atoms with Gasteiger partial charge in [-0.05, 0) is 91.3 Å². The first-order valence-electron chi connectivity index (χ1n) is 13.2. The van der Waals surface area contributed by atoms with Crippen molar-refractivity contribution in [3.05, 3.63) is 11.6 Å². The number of carbonyl (C=O) groups is 1. The molecule has 4 rings (SSSR count). The van der Waals surface area contributed by atoms with Crippen molar-refractivity contribution in [3.63, 3.8) is 0 Å². The molecular formula is C28H45ClO2. The molecule has 0 bridgehead atoms. The number of carbonyl (C=O) groups excluding carboxylic acids is 1. The molecule has 0 radical (unpaired) electrons. The van der Waals surface area contributed by atoms with Gasteiger partial charge in [-0.15, -0.1) is 0 Å². The lowest BCUT2D eigenvalue weighted by Crippen LogP contribution is -2.51. The van der Waals surface area contributed by atoms with Crippen LogP contribution in [-0.2, 0) is 4.74 Å². The first-order valence-corrected chi connectivity index (χ1v) is 13.6. The standard InChI is InChI=1S/C28H45ClO2/c1-18(2)7-6-8-19(3)23-11-12-24-22-10-9-20-17-21(31-26(29)30)13-15-27(20,4)25(22)14-16-28(23,24)5/h9,18-19,21-25H,6-8,10-17H2,1-5H3/t19-,21+,22+,23-,24-,25-,27+,28-/m1/s1. The molecule has 3 saturated carbocycles. The van der Waals surface area contributed by atoms with Crippen LogP contribution in [0.5, 0.6) is 0 Å². The number of halogens is 1. The van der Waals surface area contributed by atoms with Crippen LogP contribution in [0, 0.1) is 46.3 Å². The topological polar surface area (TPSA) is 26.3 Å². The molecule has 0 unspecified atom stereocenters. The summed E-state index contributed by atoms with van der Waals surface area (Å²) in [6, 6.07) is 0. The predicted molar refractivity (Wildman–Crippen MR) is 129 cm³/mol. The Morgan fingerprint density at radius 3 is 2.58 bits per heavy atom. The van der Waals surface area contributed by atoms with E-state index in [9.17, 15) is 4.79 Å². The average Bonchev–Trinajstić information content (AvgIpc) is 3.05. The van der Waals surface area contributed by atoms with E-state index in [1.54, 1.807) is 5.57 Å². The summed E-state index contributed by atoms with van der Waals surface area (Å²) in [6.07, 6.45) is 16.7. The van der Waals surface area contributed by atoms with E-state index < -0.39 is 5.43 Å². The first kappa shape index (κ1) is 23.7. The van der Waals surface area contributed by atoms with Crippen LogP contribution in [0.1, 0.15) is 105 Å². The number of fused-ring (bicyclic) bond motifs is 5. The van der Waals surface area contributed by atoms with Gasteiger partial charge in [0.05, 0.1) is 0 Å². The van der Waals surface area contributed by atoms with Crippen molar-refractivity contribution in [3.8, 4) is 0 Å². The minimum atomic E-state index is -0.643. The lowest BCUT2D eigenvalue weighted by Gasteiger charge is -2.58. The summed E-state index contributed by atoms with van der Waals surface area (Å²) in [6.45, 7) is 12.5. The molecule has 0 N–H and O–H groups in total. The van der Waals surface area contributed by atoms with Crippen LogP contribution in [0.4, 0.5) is 4.79 Å². The molecule has 0 aromatic carbocycles. The van der Waals surface area contributed by atoms with Gasteiger partial charge < -0.3 is 4.74 Å². The Balaban J connectivity index is 1.47. The molecule has 0 aromatic rings. The zero-order chi connectivity index (χ0) is 22.4. The molecule has 0 spiro atoms. The van der Waals surface area contributed by atoms with Crippen LogP contribution in [0.25, 0.3) is 0 Å². The number of allylic oxidation sites excluding steroid dienone is 1. The van der Waals surface area contributed by atoms with E-state index in [2.05, 4.69) is 40.7 Å². The maximum absolute atomic E-state index is 11.2. The monoisotopic (exact) mass is 448 g/mol. The smallest absolute Gasteiger partial charge is 0.404 e. The predicted octanol–water partition coefficient (Wildman–Crippen LogP) is 8.77. The first-order chi connectivity index (χ1) is 14.6. The lowest BCUT2D eigenvalue weighted by atomic mass is 9.47. The van der Waals surface area contributed by atoms with Gasteiger partial charge in [-0.3, -0.25) is 0 Å². The second-order valence-electron chi connectivity index (χ2n) is 12.5. The van der Waals surface area contributed by atoms with E-state index in [1.807, 2.05) is 0 Å². The lowest BCUT2D eigenvalue weighted by molar-refractivity contribution is -0.0573. The highest BCUT2D eigenvalue weighted by Gasteiger charge is 2.59. The van der Waals surface area contributed by atoms with Crippen LogP contribution in [0.15, 0.2) is 11.6 Å². The number of hydrogen-bond donors (Lipinski definition) is 0. The minimum absolute atomic E-state index is 0.0164. The largest absolute Gasteiger partial charge is 0.450 e. The SMILES string of the molecule is CC(C)CCC[C@@H](C)[C@H]1CC[C@@H]2[C@@H]3CC=C4C[C@@H](OC(=O)Cl)CC[C@]4(C)[C@@H]3CC[C@@]21C. The second kappa shape index (κ2) is 9.03. The van der Waals surface area contributed by atoms with E-state index in [1.165, 1.54) is 51.4 Å². The number of rotatable bonds is 6. The van der Waals surface area contributed by atoms with Crippen molar-refractivity contribution in [1.82, 2.24) is 0 Å². The van der Waals surface area contributed by atoms with Crippen LogP contribution >= 0.6 is 11.6 Å². The molecule has 0 aliphatic heterocycles. The van der Waals surface area contributed by atoms with Crippen molar-refractivity contribution in [2.24, 2.45) is 46.3 Å². The van der Waals surface area contributed by atoms with Crippen LogP contribution in [0.3, 0.4) is 0 Å². The van der Waals surface area contributed by atoms with Gasteiger partial charge in [0.1, 0.15) is 6.10 Å². The maximum atomic E-state index is 11.2. The number of hydrogen-bond acceptors (Lipinski definition) is 2. The molecule has 4 aliphatic carbocycles. The van der Waals surface area contributed by atoms with Gasteiger partial charge in [-0.1, -0.05) is 65.5 Å². The molecular weight excluding hydrogens is 404 g/mol. The summed E-state index contributed by atoms with van der Waals surface area (Å²) in [5, 5.41) is 0. The Morgan fingerprint density at radius 2 is 1.87 bits per heavy atom. The zero-order valence-electron chi connectivity index (χ0n) is 20.6. The van der Waals surface area contributed by atoms with E-state index in [4.69, 9.17) is 16.3 Å². The summed E-state index contributed by atoms with van der Waals surface area (Å²) in [7, 11) is 0. The van der Waals surface area contributed by atoms with Gasteiger partial charge in [-0.25, -0.2) is 4.79 Å². The van der Waals surface area contributed by atoms with Crippen molar-refractivity contribution in [2.75, 3.05) is 0 Å². The Bertz CT molecular complexity index is 699. The van der Waals surface area contributed by atoms with E-state index in [0.29, 0.717) is 10.8 Å². The molecule has 0 saturated heterocycles. The molecule has 0 amide bonds. The van der Waals surface area contributed by atoms with Crippen molar-refractivity contribution in [1.29, 1.82) is 0 Å². The quantitative estimate of drug-likeness (QED) is 0.299. The Kier molecular flexibility index (Phi) is 6.89. The summed E-state index contributed by atoms with van der Waals surface area (Å²) >= 11 is 5.51. The van der Waals surface area contributed by atoms with E-state index >= 15 is 0 Å². The highest BCUT2D eigenvalue weighted by atomic mass is 35.5. The zero-order valence-corrected chi connectivity index (χ0v) is 21.3. The van der Waals surface area contributed by atoms with E-state index in [0.717, 1.165) is 54.8 Å². The third-order valence-electron chi connectivity index (χ3n) is 10.5. The normalized spacial score (nSPS) is 42.9. The average molecular weight is 449 g/mol. The number of ether oxygens (including phenoxy) is 1. The molecule has 3 heteroatoms. The van der Waals surface area contributed by atoms with Crippen LogP contribution < -0.4 is 0 Å². The van der Waals surface area contributed by atoms with Crippen molar-refractivity contribution >= 4 is 17.0 Å². The van der Waals surface area contributed by atoms with E-state index in [-0.39, 0.29) is 6.10 Å². The summed E-state index contributed by atoms with van der Waals surface area (Å²) in [5.41, 5.74) is 1.77. The molecule has 0 heterocycles. The summed E-state index contributed by atoms with van der Waals surface area (Å²) < 4.78 is 5.38. The highest BCUT2D eigenvalue weighted by molar-refractivity contribution is 6.61. The van der Waals surface area contributed by atoms with Gasteiger partial charge in [0.2, 0.25) is 0 Å². The molecule has 3 fully saturated rings. The van der Waals surface area contributed by atoms with Gasteiger partial charge in [0.25, 0.3) is 0 Å². The third kappa shape index (κ3) is 4.36. The molecule has 31 heavy (non-hydrogen) atoms. The highest BCUT2D eigenvalue weighted by Crippen LogP contribution is 2.67. The second-order valence-corrected chi connectivity index (χ2v) is 12.8. The maximum Gasteiger partial charge on any atom is 0.404 e. The van der Waals surface area contributed by atoms with Gasteiger partial charge in [0.15, 0.2) is 0 Å². The van der Waals surface area contributed by atoms with Crippen molar-refractivity contribution < 1.29 is 9.53 Å². The van der Waals surface area contributed by atoms with Gasteiger partial charge >= 0.3 is 5.43 Å². The molecule has 0 aromatic heterocycles. The Hall–Kier alpha value is -0.500. The molecule has 8 atom stereocenters. The minimum Gasteiger partial charge on any atom is -0.450 e. The fraction of sp³-hybridized carbons (Fsp3) is 0.893. The van der Waals surface area contributed by atoms with Crippen LogP contribution in [-0.4, -0.2) is 11.5 Å². The van der Waals surface area contributed by atoms with Crippen LogP contribution in [0.2, 0.25) is 0 Å². The fourth-order valence-electron chi connectivity index (χ4n) is 8.88. The van der Waals surface area contributed by atoms with Crippen molar-refractivity contribution in [2.45, 2.75) is 111 Å². The van der Waals surface area contributed by atoms with Gasteiger partial charge in [-0.2, -0.15) is 0 Å². The summed E-state index contributed by atoms with van der Waals surface area (Å²) in [5.74, 6) is 5.19. The summed E-state index contributed by atoms with van der Waals surface area (Å²) in [4.78, 5) is 11.2. The molecule has 4 aliphatic rings. The molecule has 2 nitrogen and oxygen atoms in total. The Morgan fingerprint density at radius 1 is 1.10 bits per heavy atom. The fourth-order valence-corrected chi connectivity index (χ4v) is 9.01.